The molecule has 1 rings (SSSR count). The van der Waals surface area contributed by atoms with Gasteiger partial charge in [0.25, 0.3) is 0 Å². The number of benzene rings is 1. The van der Waals surface area contributed by atoms with Crippen LogP contribution in [0.2, 0.25) is 0 Å². The van der Waals surface area contributed by atoms with Gasteiger partial charge in [-0.15, -0.1) is 0 Å². The quantitative estimate of drug-likeness (QED) is 0.837. The van der Waals surface area contributed by atoms with Crippen LogP contribution < -0.4 is 4.74 Å². The number of alkyl halides is 2. The van der Waals surface area contributed by atoms with Crippen LogP contribution in [0.3, 0.4) is 0 Å². The van der Waals surface area contributed by atoms with E-state index in [2.05, 4.69) is 4.74 Å². The van der Waals surface area contributed by atoms with E-state index in [1.807, 2.05) is 22.6 Å². The molecule has 0 atom stereocenters. The van der Waals surface area contributed by atoms with Gasteiger partial charge < -0.3 is 9.84 Å². The van der Waals surface area contributed by atoms with Gasteiger partial charge in [-0.3, -0.25) is 4.79 Å². The van der Waals surface area contributed by atoms with E-state index >= 15 is 0 Å². The number of aliphatic carboxylic acids is 1. The van der Waals surface area contributed by atoms with Crippen LogP contribution >= 0.6 is 22.6 Å². The fraction of sp³-hybridized carbons (Fsp3) is 0.300. The highest BCUT2D eigenvalue weighted by molar-refractivity contribution is 14.1. The van der Waals surface area contributed by atoms with Gasteiger partial charge >= 0.3 is 12.6 Å². The van der Waals surface area contributed by atoms with Crippen molar-refractivity contribution >= 4 is 28.6 Å². The van der Waals surface area contributed by atoms with Crippen molar-refractivity contribution in [2.24, 2.45) is 0 Å². The summed E-state index contributed by atoms with van der Waals surface area (Å²) in [6.45, 7) is -2.87. The van der Waals surface area contributed by atoms with Crippen LogP contribution in [0, 0.1) is 3.57 Å². The first-order valence-electron chi connectivity index (χ1n) is 4.44. The Labute approximate surface area is 105 Å². The van der Waals surface area contributed by atoms with Gasteiger partial charge in [-0.25, -0.2) is 0 Å². The predicted molar refractivity (Wildman–Crippen MR) is 61.7 cm³/mol. The number of carboxylic acids is 1. The lowest BCUT2D eigenvalue weighted by molar-refractivity contribution is -0.136. The average molecular weight is 342 g/mol. The second kappa shape index (κ2) is 5.97. The Kier molecular flexibility index (Phi) is 4.91. The summed E-state index contributed by atoms with van der Waals surface area (Å²) in [6, 6.07) is 4.76. The maximum atomic E-state index is 12.0. The molecule has 1 N–H and O–H groups in total. The van der Waals surface area contributed by atoms with E-state index in [0.717, 1.165) is 0 Å². The normalized spacial score (nSPS) is 10.5. The summed E-state index contributed by atoms with van der Waals surface area (Å²) in [6.07, 6.45) is 0.264. The summed E-state index contributed by atoms with van der Waals surface area (Å²) < 4.78 is 28.9. The van der Waals surface area contributed by atoms with E-state index in [0.29, 0.717) is 15.6 Å². The lowest BCUT2D eigenvalue weighted by Gasteiger charge is -2.08. The molecular weight excluding hydrogens is 333 g/mol. The molecule has 0 aliphatic heterocycles. The van der Waals surface area contributed by atoms with Crippen molar-refractivity contribution in [1.82, 2.24) is 0 Å². The zero-order valence-corrected chi connectivity index (χ0v) is 10.3. The lowest BCUT2D eigenvalue weighted by Crippen LogP contribution is -2.04. The lowest BCUT2D eigenvalue weighted by atomic mass is 10.1. The fourth-order valence-corrected chi connectivity index (χ4v) is 1.60. The van der Waals surface area contributed by atoms with Gasteiger partial charge in [-0.2, -0.15) is 8.78 Å². The minimum absolute atomic E-state index is 0.0330. The zero-order chi connectivity index (χ0) is 12.1. The zero-order valence-electron chi connectivity index (χ0n) is 8.12. The Morgan fingerprint density at radius 2 is 2.19 bits per heavy atom. The number of halogens is 3. The second-order valence-corrected chi connectivity index (χ2v) is 4.20. The highest BCUT2D eigenvalue weighted by Gasteiger charge is 2.09. The number of carbonyl (C=O) groups is 1. The van der Waals surface area contributed by atoms with Crippen molar-refractivity contribution in [2.75, 3.05) is 0 Å². The predicted octanol–water partition coefficient (Wildman–Crippen LogP) is 2.91. The van der Waals surface area contributed by atoms with Crippen molar-refractivity contribution in [3.8, 4) is 5.75 Å². The van der Waals surface area contributed by atoms with Crippen molar-refractivity contribution in [1.29, 1.82) is 0 Å². The number of rotatable bonds is 5. The van der Waals surface area contributed by atoms with Gasteiger partial charge in [0.1, 0.15) is 5.75 Å². The monoisotopic (exact) mass is 342 g/mol. The van der Waals surface area contributed by atoms with Gasteiger partial charge in [0.15, 0.2) is 0 Å². The van der Waals surface area contributed by atoms with E-state index in [1.54, 1.807) is 12.1 Å². The van der Waals surface area contributed by atoms with Crippen LogP contribution in [0.25, 0.3) is 0 Å². The van der Waals surface area contributed by atoms with E-state index in [9.17, 15) is 13.6 Å². The number of hydrogen-bond acceptors (Lipinski definition) is 2. The van der Waals surface area contributed by atoms with Crippen molar-refractivity contribution in [3.63, 3.8) is 0 Å². The smallest absolute Gasteiger partial charge is 0.387 e. The van der Waals surface area contributed by atoms with Crippen LogP contribution in [0.1, 0.15) is 12.0 Å². The molecular formula is C10H9F2IO3. The fourth-order valence-electron chi connectivity index (χ4n) is 1.14. The molecule has 0 amide bonds. The van der Waals surface area contributed by atoms with Crippen molar-refractivity contribution < 1.29 is 23.4 Å². The van der Waals surface area contributed by atoms with Crippen LogP contribution in [0.4, 0.5) is 8.78 Å². The SMILES string of the molecule is O=C(O)CCc1ccc(I)c(OC(F)F)c1. The first kappa shape index (κ1) is 13.1. The Morgan fingerprint density at radius 3 is 2.75 bits per heavy atom. The molecule has 0 saturated heterocycles. The Hall–Kier alpha value is -0.920. The third-order valence-corrected chi connectivity index (χ3v) is 2.73. The third-order valence-electron chi connectivity index (χ3n) is 1.84. The van der Waals surface area contributed by atoms with Gasteiger partial charge in [-0.05, 0) is 46.7 Å². The molecule has 0 aliphatic rings. The Balaban J connectivity index is 2.76. The van der Waals surface area contributed by atoms with E-state index < -0.39 is 12.6 Å². The van der Waals surface area contributed by atoms with E-state index in [4.69, 9.17) is 5.11 Å². The Morgan fingerprint density at radius 1 is 1.50 bits per heavy atom. The number of carboxylic acid groups (broad SMARTS) is 1. The standard InChI is InChI=1S/C10H9F2IO3/c11-10(12)16-8-5-6(1-3-7(8)13)2-4-9(14)15/h1,3,5,10H,2,4H2,(H,14,15). The molecule has 88 valence electrons. The van der Waals surface area contributed by atoms with Gasteiger partial charge in [-0.1, -0.05) is 6.07 Å². The molecule has 0 aromatic heterocycles. The maximum absolute atomic E-state index is 12.0. The van der Waals surface area contributed by atoms with Crippen LogP contribution in [-0.4, -0.2) is 17.7 Å². The summed E-state index contributed by atoms with van der Waals surface area (Å²) >= 11 is 1.88. The van der Waals surface area contributed by atoms with Crippen LogP contribution in [0.15, 0.2) is 18.2 Å². The largest absolute Gasteiger partial charge is 0.481 e. The Bertz CT molecular complexity index is 382. The molecule has 6 heteroatoms. The molecule has 0 spiro atoms. The summed E-state index contributed by atoms with van der Waals surface area (Å²) in [5.74, 6) is -0.839. The number of hydrogen-bond donors (Lipinski definition) is 1. The number of ether oxygens (including phenoxy) is 1. The highest BCUT2D eigenvalue weighted by atomic mass is 127. The first-order valence-corrected chi connectivity index (χ1v) is 5.52. The number of aryl methyl sites for hydroxylation is 1. The molecule has 0 fully saturated rings. The molecule has 0 heterocycles. The highest BCUT2D eigenvalue weighted by Crippen LogP contribution is 2.24. The second-order valence-electron chi connectivity index (χ2n) is 3.04. The molecule has 0 aliphatic carbocycles. The summed E-state index contributed by atoms with van der Waals surface area (Å²) in [7, 11) is 0. The van der Waals surface area contributed by atoms with Crippen LogP contribution in [-0.2, 0) is 11.2 Å². The van der Waals surface area contributed by atoms with Crippen molar-refractivity contribution in [3.05, 3.63) is 27.3 Å². The molecule has 1 aromatic rings. The summed E-state index contributed by atoms with van der Waals surface area (Å²) in [5.41, 5.74) is 0.665. The van der Waals surface area contributed by atoms with Gasteiger partial charge in [0.2, 0.25) is 0 Å². The minimum Gasteiger partial charge on any atom is -0.481 e. The van der Waals surface area contributed by atoms with Crippen molar-refractivity contribution in [2.45, 2.75) is 19.5 Å². The summed E-state index contributed by atoms with van der Waals surface area (Å²) in [5, 5.41) is 8.49. The average Bonchev–Trinajstić information content (AvgIpc) is 2.18. The van der Waals surface area contributed by atoms with Crippen LogP contribution in [0.5, 0.6) is 5.75 Å². The molecule has 0 bridgehead atoms. The molecule has 16 heavy (non-hydrogen) atoms. The third kappa shape index (κ3) is 4.30. The van der Waals surface area contributed by atoms with E-state index in [-0.39, 0.29) is 12.2 Å². The summed E-state index contributed by atoms with van der Waals surface area (Å²) in [4.78, 5) is 10.3. The van der Waals surface area contributed by atoms with Gasteiger partial charge in [0.05, 0.1) is 3.57 Å². The maximum Gasteiger partial charge on any atom is 0.387 e. The molecule has 1 aromatic carbocycles. The molecule has 3 nitrogen and oxygen atoms in total. The minimum atomic E-state index is -2.87. The van der Waals surface area contributed by atoms with Gasteiger partial charge in [0, 0.05) is 6.42 Å². The first-order chi connectivity index (χ1) is 7.49. The van der Waals surface area contributed by atoms with E-state index in [1.165, 1.54) is 6.07 Å². The topological polar surface area (TPSA) is 46.5 Å². The molecule has 0 unspecified atom stereocenters. The molecule has 0 saturated carbocycles. The molecule has 0 radical (unpaired) electrons.